The predicted molar refractivity (Wildman–Crippen MR) is 83.3 cm³/mol. The van der Waals surface area contributed by atoms with Gasteiger partial charge in [0.05, 0.1) is 0 Å². The Hall–Kier alpha value is -1.60. The molecule has 0 spiro atoms. The van der Waals surface area contributed by atoms with Crippen molar-refractivity contribution in [3.8, 4) is 0 Å². The Labute approximate surface area is 115 Å². The van der Waals surface area contributed by atoms with E-state index in [0.717, 1.165) is 0 Å². The molecule has 3 rings (SSSR count). The number of nitrogens with zero attached hydrogens (tertiary/aromatic N) is 1. The van der Waals surface area contributed by atoms with Crippen LogP contribution in [0.2, 0.25) is 0 Å². The van der Waals surface area contributed by atoms with Crippen LogP contribution in [0.25, 0.3) is 16.8 Å². The van der Waals surface area contributed by atoms with E-state index in [1.54, 1.807) is 0 Å². The fraction of sp³-hybridized carbons (Fsp3) is 0.333. The van der Waals surface area contributed by atoms with Crippen LogP contribution in [0, 0.1) is 0 Å². The second-order valence-corrected chi connectivity index (χ2v) is 5.47. The Kier molecular flexibility index (Phi) is 3.65. The molecule has 1 aliphatic rings. The van der Waals surface area contributed by atoms with E-state index in [1.807, 2.05) is 0 Å². The van der Waals surface area contributed by atoms with Gasteiger partial charge >= 0.3 is 0 Å². The van der Waals surface area contributed by atoms with Gasteiger partial charge < -0.3 is 0 Å². The number of benzene rings is 2. The van der Waals surface area contributed by atoms with Gasteiger partial charge in [-0.15, -0.1) is 0 Å². The van der Waals surface area contributed by atoms with E-state index in [4.69, 9.17) is 0 Å². The molecule has 0 aromatic heterocycles. The molecule has 2 aromatic rings. The molecule has 1 aliphatic heterocycles. The summed E-state index contributed by atoms with van der Waals surface area (Å²) in [4.78, 5) is 2.46. The third-order valence-electron chi connectivity index (χ3n) is 4.15. The van der Waals surface area contributed by atoms with Gasteiger partial charge in [0.1, 0.15) is 0 Å². The van der Waals surface area contributed by atoms with Gasteiger partial charge in [-0.25, -0.2) is 0 Å². The quantitative estimate of drug-likeness (QED) is 0.767. The minimum Gasteiger partial charge on any atom is -0.300 e. The zero-order valence-electron chi connectivity index (χ0n) is 11.5. The monoisotopic (exact) mass is 251 g/mol. The molecule has 0 aliphatic carbocycles. The maximum absolute atomic E-state index is 2.46. The molecule has 98 valence electrons. The largest absolute Gasteiger partial charge is 0.300 e. The molecule has 1 fully saturated rings. The molecule has 0 saturated carbocycles. The molecule has 1 heteroatoms. The van der Waals surface area contributed by atoms with Crippen molar-refractivity contribution < 1.29 is 0 Å². The highest BCUT2D eigenvalue weighted by atomic mass is 15.1. The molecule has 1 unspecified atom stereocenters. The van der Waals surface area contributed by atoms with Crippen molar-refractivity contribution in [2.24, 2.45) is 0 Å². The van der Waals surface area contributed by atoms with Crippen molar-refractivity contribution in [3.63, 3.8) is 0 Å². The lowest BCUT2D eigenvalue weighted by Crippen LogP contribution is -2.34. The van der Waals surface area contributed by atoms with Crippen molar-refractivity contribution >= 4 is 16.8 Å². The average Bonchev–Trinajstić information content (AvgIpc) is 2.46. The van der Waals surface area contributed by atoms with Crippen LogP contribution in [0.15, 0.2) is 48.5 Å². The number of piperidine rings is 1. The SMILES string of the molecule is CN1CCCCC1/C=C/c1cccc2ccccc12. The third-order valence-corrected chi connectivity index (χ3v) is 4.15. The summed E-state index contributed by atoms with van der Waals surface area (Å²) in [5, 5.41) is 2.67. The molecule has 2 aromatic carbocycles. The standard InChI is InChI=1S/C18H21N/c1-19-14-5-4-10-17(19)13-12-16-9-6-8-15-7-2-3-11-18(15)16/h2-3,6-9,11-13,17H,4-5,10,14H2,1H3/b13-12+. The first-order valence-corrected chi connectivity index (χ1v) is 7.21. The highest BCUT2D eigenvalue weighted by Gasteiger charge is 2.15. The number of likely N-dealkylation sites (N-methyl/N-ethyl adjacent to an activating group) is 1. The van der Waals surface area contributed by atoms with Gasteiger partial charge in [-0.3, -0.25) is 4.90 Å². The van der Waals surface area contributed by atoms with Gasteiger partial charge in [0.25, 0.3) is 0 Å². The third kappa shape index (κ3) is 2.71. The second-order valence-electron chi connectivity index (χ2n) is 5.47. The van der Waals surface area contributed by atoms with E-state index in [0.29, 0.717) is 6.04 Å². The van der Waals surface area contributed by atoms with Crippen LogP contribution in [-0.2, 0) is 0 Å². The van der Waals surface area contributed by atoms with Crippen LogP contribution in [0.1, 0.15) is 24.8 Å². The molecular formula is C18H21N. The first-order valence-electron chi connectivity index (χ1n) is 7.21. The zero-order valence-corrected chi connectivity index (χ0v) is 11.5. The lowest BCUT2D eigenvalue weighted by atomic mass is 10.00. The molecule has 1 atom stereocenters. The minimum absolute atomic E-state index is 0.604. The van der Waals surface area contributed by atoms with Crippen molar-refractivity contribution in [1.82, 2.24) is 4.90 Å². The Balaban J connectivity index is 1.88. The molecule has 0 amide bonds. The fourth-order valence-corrected chi connectivity index (χ4v) is 2.95. The number of likely N-dealkylation sites (tertiary alicyclic amines) is 1. The summed E-state index contributed by atoms with van der Waals surface area (Å²) in [5.41, 5.74) is 1.33. The summed E-state index contributed by atoms with van der Waals surface area (Å²) in [6.45, 7) is 1.23. The lowest BCUT2D eigenvalue weighted by molar-refractivity contribution is 0.222. The minimum atomic E-state index is 0.604. The summed E-state index contributed by atoms with van der Waals surface area (Å²) in [6, 6.07) is 15.7. The fourth-order valence-electron chi connectivity index (χ4n) is 2.95. The maximum Gasteiger partial charge on any atom is 0.0278 e. The number of rotatable bonds is 2. The maximum atomic E-state index is 2.46. The molecule has 0 radical (unpaired) electrons. The van der Waals surface area contributed by atoms with Gasteiger partial charge in [-0.05, 0) is 42.8 Å². The highest BCUT2D eigenvalue weighted by Crippen LogP contribution is 2.22. The van der Waals surface area contributed by atoms with E-state index in [2.05, 4.69) is 66.6 Å². The van der Waals surface area contributed by atoms with Gasteiger partial charge in [0, 0.05) is 6.04 Å². The van der Waals surface area contributed by atoms with Gasteiger partial charge in [-0.2, -0.15) is 0 Å². The van der Waals surface area contributed by atoms with Gasteiger partial charge in [-0.1, -0.05) is 61.0 Å². The van der Waals surface area contributed by atoms with Crippen molar-refractivity contribution in [2.45, 2.75) is 25.3 Å². The van der Waals surface area contributed by atoms with E-state index in [9.17, 15) is 0 Å². The normalized spacial score (nSPS) is 21.2. The molecule has 1 heterocycles. The summed E-state index contributed by atoms with van der Waals surface area (Å²) in [5.74, 6) is 0. The molecule has 19 heavy (non-hydrogen) atoms. The van der Waals surface area contributed by atoms with E-state index >= 15 is 0 Å². The van der Waals surface area contributed by atoms with Crippen LogP contribution < -0.4 is 0 Å². The average molecular weight is 251 g/mol. The first-order chi connectivity index (χ1) is 9.34. The van der Waals surface area contributed by atoms with Crippen molar-refractivity contribution in [2.75, 3.05) is 13.6 Å². The Morgan fingerprint density at radius 3 is 2.79 bits per heavy atom. The van der Waals surface area contributed by atoms with Crippen molar-refractivity contribution in [3.05, 3.63) is 54.1 Å². The second kappa shape index (κ2) is 5.58. The summed E-state index contributed by atoms with van der Waals surface area (Å²) in [6.07, 6.45) is 8.66. The molecular weight excluding hydrogens is 230 g/mol. The molecule has 0 N–H and O–H groups in total. The zero-order chi connectivity index (χ0) is 13.1. The van der Waals surface area contributed by atoms with E-state index < -0.39 is 0 Å². The number of fused-ring (bicyclic) bond motifs is 1. The van der Waals surface area contributed by atoms with Crippen LogP contribution in [0.5, 0.6) is 0 Å². The van der Waals surface area contributed by atoms with Crippen LogP contribution in [0.4, 0.5) is 0 Å². The van der Waals surface area contributed by atoms with Crippen LogP contribution >= 0.6 is 0 Å². The Morgan fingerprint density at radius 1 is 1.05 bits per heavy atom. The van der Waals surface area contributed by atoms with E-state index in [-0.39, 0.29) is 0 Å². The van der Waals surface area contributed by atoms with Crippen molar-refractivity contribution in [1.29, 1.82) is 0 Å². The van der Waals surface area contributed by atoms with Gasteiger partial charge in [0.2, 0.25) is 0 Å². The Bertz CT molecular complexity index is 580. The highest BCUT2D eigenvalue weighted by molar-refractivity contribution is 5.90. The molecule has 1 nitrogen and oxygen atoms in total. The van der Waals surface area contributed by atoms with Crippen LogP contribution in [-0.4, -0.2) is 24.5 Å². The Morgan fingerprint density at radius 2 is 1.89 bits per heavy atom. The predicted octanol–water partition coefficient (Wildman–Crippen LogP) is 4.34. The lowest BCUT2D eigenvalue weighted by Gasteiger charge is -2.30. The molecule has 1 saturated heterocycles. The summed E-state index contributed by atoms with van der Waals surface area (Å²) in [7, 11) is 2.23. The number of hydrogen-bond donors (Lipinski definition) is 0. The van der Waals surface area contributed by atoms with Crippen LogP contribution in [0.3, 0.4) is 0 Å². The molecule has 0 bridgehead atoms. The first kappa shape index (κ1) is 12.4. The van der Waals surface area contributed by atoms with E-state index in [1.165, 1.54) is 42.1 Å². The summed E-state index contributed by atoms with van der Waals surface area (Å²) >= 11 is 0. The smallest absolute Gasteiger partial charge is 0.0278 e. The number of hydrogen-bond acceptors (Lipinski definition) is 1. The summed E-state index contributed by atoms with van der Waals surface area (Å²) < 4.78 is 0. The topological polar surface area (TPSA) is 3.24 Å². The van der Waals surface area contributed by atoms with Gasteiger partial charge in [0.15, 0.2) is 0 Å².